The predicted molar refractivity (Wildman–Crippen MR) is 102 cm³/mol. The van der Waals surface area contributed by atoms with Crippen LogP contribution in [0.1, 0.15) is 59.8 Å². The Morgan fingerprint density at radius 2 is 2.00 bits per heavy atom. The van der Waals surface area contributed by atoms with Gasteiger partial charge in [0.25, 0.3) is 0 Å². The number of carbonyl (C=O) groups is 2. The van der Waals surface area contributed by atoms with Crippen LogP contribution in [0, 0.1) is 34.0 Å². The molecule has 152 valence electrons. The number of hydrogen-bond acceptors (Lipinski definition) is 5. The second-order valence-electron chi connectivity index (χ2n) is 9.72. The SMILES string of the molecule is C=C[C@]1(C)C[C@@H](OC(=O)CO)[C@@]2(C)C3C(=O)CCC3(CC[C@H]2C)C(C)C1O. The first kappa shape index (κ1) is 20.5. The van der Waals surface area contributed by atoms with Gasteiger partial charge in [-0.05, 0) is 42.9 Å². The van der Waals surface area contributed by atoms with Crippen molar-refractivity contribution in [1.29, 1.82) is 0 Å². The summed E-state index contributed by atoms with van der Waals surface area (Å²) in [4.78, 5) is 25.2. The average molecular weight is 379 g/mol. The fourth-order valence-electron chi connectivity index (χ4n) is 6.70. The lowest BCUT2D eigenvalue weighted by Gasteiger charge is -2.61. The quantitative estimate of drug-likeness (QED) is 0.583. The molecular formula is C22H34O5. The molecule has 27 heavy (non-hydrogen) atoms. The highest BCUT2D eigenvalue weighted by Gasteiger charge is 2.68. The number of Topliss-reactive ketones (excluding diaryl/α,β-unsaturated/α-hetero) is 1. The summed E-state index contributed by atoms with van der Waals surface area (Å²) in [6, 6.07) is 0. The van der Waals surface area contributed by atoms with Crippen LogP contribution < -0.4 is 0 Å². The Hall–Kier alpha value is -1.20. The van der Waals surface area contributed by atoms with Gasteiger partial charge in [-0.2, -0.15) is 0 Å². The van der Waals surface area contributed by atoms with Gasteiger partial charge in [0, 0.05) is 23.2 Å². The van der Waals surface area contributed by atoms with E-state index in [2.05, 4.69) is 27.4 Å². The van der Waals surface area contributed by atoms with Gasteiger partial charge in [0.05, 0.1) is 6.10 Å². The van der Waals surface area contributed by atoms with Gasteiger partial charge < -0.3 is 14.9 Å². The van der Waals surface area contributed by atoms with Crippen molar-refractivity contribution in [2.45, 2.75) is 72.0 Å². The van der Waals surface area contributed by atoms with Crippen LogP contribution in [0.25, 0.3) is 0 Å². The van der Waals surface area contributed by atoms with Gasteiger partial charge in [-0.15, -0.1) is 6.58 Å². The van der Waals surface area contributed by atoms with Gasteiger partial charge in [0.1, 0.15) is 18.5 Å². The van der Waals surface area contributed by atoms with Crippen LogP contribution in [-0.2, 0) is 14.3 Å². The zero-order valence-corrected chi connectivity index (χ0v) is 17.0. The minimum atomic E-state index is -0.686. The maximum atomic E-state index is 13.1. The monoisotopic (exact) mass is 378 g/mol. The van der Waals surface area contributed by atoms with Crippen LogP contribution in [0.3, 0.4) is 0 Å². The molecule has 0 aromatic carbocycles. The normalized spacial score (nSPS) is 49.7. The Morgan fingerprint density at radius 1 is 1.33 bits per heavy atom. The lowest BCUT2D eigenvalue weighted by atomic mass is 9.44. The summed E-state index contributed by atoms with van der Waals surface area (Å²) in [5.74, 6) is -0.520. The summed E-state index contributed by atoms with van der Waals surface area (Å²) in [5, 5.41) is 20.6. The van der Waals surface area contributed by atoms with Crippen molar-refractivity contribution >= 4 is 11.8 Å². The Kier molecular flexibility index (Phi) is 5.09. The van der Waals surface area contributed by atoms with E-state index in [1.807, 2.05) is 6.92 Å². The molecule has 0 heterocycles. The standard InChI is InChI=1S/C22H34O5/c1-6-20(4)11-16(27-17(25)12-23)21(5)13(2)7-9-22(14(3)19(20)26)10-8-15(24)18(21)22/h6,13-14,16,18-19,23,26H,1,7-12H2,2-5H3/t13-,14?,16-,18?,19?,20-,21+,22?/m1/s1. The van der Waals surface area contributed by atoms with Crippen LogP contribution in [0.4, 0.5) is 0 Å². The molecule has 0 aliphatic heterocycles. The highest BCUT2D eigenvalue weighted by molar-refractivity contribution is 5.85. The van der Waals surface area contributed by atoms with Gasteiger partial charge in [-0.3, -0.25) is 4.79 Å². The molecule has 0 spiro atoms. The van der Waals surface area contributed by atoms with E-state index in [0.29, 0.717) is 12.8 Å². The molecule has 0 saturated heterocycles. The summed E-state index contributed by atoms with van der Waals surface area (Å²) < 4.78 is 5.77. The maximum absolute atomic E-state index is 13.1. The van der Waals surface area contributed by atoms with Crippen molar-refractivity contribution in [3.63, 3.8) is 0 Å². The van der Waals surface area contributed by atoms with Crippen LogP contribution in [-0.4, -0.2) is 40.8 Å². The van der Waals surface area contributed by atoms with E-state index >= 15 is 0 Å². The molecule has 5 heteroatoms. The minimum absolute atomic E-state index is 0.0433. The number of esters is 1. The van der Waals surface area contributed by atoms with Crippen molar-refractivity contribution in [3.8, 4) is 0 Å². The van der Waals surface area contributed by atoms with Gasteiger partial charge in [0.2, 0.25) is 0 Å². The third-order valence-corrected chi connectivity index (χ3v) is 8.70. The first-order chi connectivity index (χ1) is 12.6. The lowest BCUT2D eigenvalue weighted by molar-refractivity contribution is -0.207. The highest BCUT2D eigenvalue weighted by atomic mass is 16.6. The van der Waals surface area contributed by atoms with Gasteiger partial charge in [-0.1, -0.05) is 33.8 Å². The fourth-order valence-corrected chi connectivity index (χ4v) is 6.70. The summed E-state index contributed by atoms with van der Waals surface area (Å²) in [6.07, 6.45) is 4.10. The third-order valence-electron chi connectivity index (χ3n) is 8.70. The molecule has 8 atom stereocenters. The predicted octanol–water partition coefficient (Wildman–Crippen LogP) is 2.89. The molecule has 3 aliphatic carbocycles. The molecule has 2 N–H and O–H groups in total. The van der Waals surface area contributed by atoms with Crippen molar-refractivity contribution in [2.75, 3.05) is 6.61 Å². The Balaban J connectivity index is 2.21. The van der Waals surface area contributed by atoms with Gasteiger partial charge in [-0.25, -0.2) is 4.79 Å². The van der Waals surface area contributed by atoms with Crippen LogP contribution in [0.5, 0.6) is 0 Å². The molecule has 5 nitrogen and oxygen atoms in total. The van der Waals surface area contributed by atoms with E-state index in [4.69, 9.17) is 4.74 Å². The summed E-state index contributed by atoms with van der Waals surface area (Å²) in [5.41, 5.74) is -1.43. The molecule has 0 radical (unpaired) electrons. The second-order valence-corrected chi connectivity index (χ2v) is 9.72. The van der Waals surface area contributed by atoms with E-state index in [9.17, 15) is 19.8 Å². The fraction of sp³-hybridized carbons (Fsp3) is 0.818. The van der Waals surface area contributed by atoms with E-state index in [0.717, 1.165) is 19.3 Å². The van der Waals surface area contributed by atoms with E-state index < -0.39 is 35.6 Å². The summed E-state index contributed by atoms with van der Waals surface area (Å²) >= 11 is 0. The average Bonchev–Trinajstić information content (AvgIpc) is 3.00. The Bertz CT molecular complexity index is 645. The van der Waals surface area contributed by atoms with E-state index in [1.165, 1.54) is 0 Å². The number of aliphatic hydroxyl groups is 2. The maximum Gasteiger partial charge on any atom is 0.332 e. The molecule has 4 unspecified atom stereocenters. The van der Waals surface area contributed by atoms with Gasteiger partial charge >= 0.3 is 5.97 Å². The molecule has 3 rings (SSSR count). The summed E-state index contributed by atoms with van der Waals surface area (Å²) in [6.45, 7) is 11.5. The second kappa shape index (κ2) is 6.70. The number of rotatable bonds is 3. The number of ketones is 1. The molecule has 2 bridgehead atoms. The molecule has 3 fully saturated rings. The molecular weight excluding hydrogens is 344 g/mol. The summed E-state index contributed by atoms with van der Waals surface area (Å²) in [7, 11) is 0. The van der Waals surface area contributed by atoms with Crippen LogP contribution in [0.2, 0.25) is 0 Å². The molecule has 3 aliphatic rings. The Labute approximate surface area is 162 Å². The zero-order chi connectivity index (χ0) is 20.2. The minimum Gasteiger partial charge on any atom is -0.460 e. The number of hydrogen-bond donors (Lipinski definition) is 2. The molecule has 0 aromatic heterocycles. The topological polar surface area (TPSA) is 83.8 Å². The van der Waals surface area contributed by atoms with Crippen molar-refractivity contribution in [3.05, 3.63) is 12.7 Å². The van der Waals surface area contributed by atoms with Crippen LogP contribution >= 0.6 is 0 Å². The lowest BCUT2D eigenvalue weighted by Crippen LogP contribution is -2.63. The van der Waals surface area contributed by atoms with Crippen LogP contribution in [0.15, 0.2) is 12.7 Å². The van der Waals surface area contributed by atoms with E-state index in [1.54, 1.807) is 6.08 Å². The van der Waals surface area contributed by atoms with Crippen molar-refractivity contribution in [1.82, 2.24) is 0 Å². The zero-order valence-electron chi connectivity index (χ0n) is 17.0. The molecule has 0 aromatic rings. The number of aliphatic hydroxyl groups excluding tert-OH is 2. The largest absolute Gasteiger partial charge is 0.460 e. The van der Waals surface area contributed by atoms with E-state index in [-0.39, 0.29) is 29.0 Å². The third kappa shape index (κ3) is 2.72. The molecule has 3 saturated carbocycles. The van der Waals surface area contributed by atoms with Crippen molar-refractivity contribution in [2.24, 2.45) is 34.0 Å². The van der Waals surface area contributed by atoms with Crippen molar-refractivity contribution < 1.29 is 24.5 Å². The molecule has 0 amide bonds. The first-order valence-corrected chi connectivity index (χ1v) is 10.2. The first-order valence-electron chi connectivity index (χ1n) is 10.2. The smallest absolute Gasteiger partial charge is 0.332 e. The Morgan fingerprint density at radius 3 is 2.59 bits per heavy atom. The van der Waals surface area contributed by atoms with Gasteiger partial charge in [0.15, 0.2) is 0 Å². The number of ether oxygens (including phenoxy) is 1. The highest BCUT2D eigenvalue weighted by Crippen LogP contribution is 2.67. The number of carbonyl (C=O) groups excluding carboxylic acids is 2.